The van der Waals surface area contributed by atoms with Crippen LogP contribution in [0, 0.1) is 6.92 Å². The molecule has 2 rings (SSSR count). The highest BCUT2D eigenvalue weighted by molar-refractivity contribution is 7.89. The predicted molar refractivity (Wildman–Crippen MR) is 110 cm³/mol. The van der Waals surface area contributed by atoms with Gasteiger partial charge in [-0.2, -0.15) is 4.31 Å². The predicted octanol–water partition coefficient (Wildman–Crippen LogP) is 3.10. The Morgan fingerprint density at radius 1 is 1.07 bits per heavy atom. The molecule has 0 bridgehead atoms. The molecule has 0 fully saturated rings. The molecular formula is C21H28N2O4S. The number of amides is 1. The summed E-state index contributed by atoms with van der Waals surface area (Å²) in [6, 6.07) is 12.4. The molecule has 0 aliphatic heterocycles. The van der Waals surface area contributed by atoms with Gasteiger partial charge in [-0.25, -0.2) is 8.42 Å². The molecule has 1 amide bonds. The van der Waals surface area contributed by atoms with E-state index in [1.54, 1.807) is 40.0 Å². The van der Waals surface area contributed by atoms with Crippen LogP contribution in [0.25, 0.3) is 0 Å². The molecule has 6 nitrogen and oxygen atoms in total. The molecule has 0 aliphatic carbocycles. The van der Waals surface area contributed by atoms with Crippen molar-refractivity contribution in [2.24, 2.45) is 0 Å². The summed E-state index contributed by atoms with van der Waals surface area (Å²) in [5.74, 6) is -0.304. The minimum atomic E-state index is -3.62. The monoisotopic (exact) mass is 404 g/mol. The fourth-order valence-electron chi connectivity index (χ4n) is 3.02. The summed E-state index contributed by atoms with van der Waals surface area (Å²) >= 11 is 0. The van der Waals surface area contributed by atoms with E-state index in [2.05, 4.69) is 5.32 Å². The fourth-order valence-corrected chi connectivity index (χ4v) is 4.50. The van der Waals surface area contributed by atoms with Gasteiger partial charge in [-0.1, -0.05) is 44.2 Å². The highest BCUT2D eigenvalue weighted by Crippen LogP contribution is 2.20. The number of nitrogens with one attached hydrogen (secondary N) is 1. The first-order chi connectivity index (χ1) is 13.3. The van der Waals surface area contributed by atoms with E-state index in [1.807, 2.05) is 24.3 Å². The summed E-state index contributed by atoms with van der Waals surface area (Å²) in [6.45, 7) is 6.94. The lowest BCUT2D eigenvalue weighted by Gasteiger charge is -2.19. The second-order valence-electron chi connectivity index (χ2n) is 6.45. The van der Waals surface area contributed by atoms with E-state index in [0.717, 1.165) is 16.7 Å². The van der Waals surface area contributed by atoms with Crippen LogP contribution < -0.4 is 5.32 Å². The van der Waals surface area contributed by atoms with Crippen molar-refractivity contribution in [2.45, 2.75) is 38.8 Å². The number of carbonyl (C=O) groups is 1. The largest absolute Gasteiger partial charge is 0.380 e. The number of sulfonamides is 1. The lowest BCUT2D eigenvalue weighted by molar-refractivity contribution is 0.0949. The van der Waals surface area contributed by atoms with Crippen LogP contribution in [0.15, 0.2) is 47.4 Å². The van der Waals surface area contributed by atoms with Crippen molar-refractivity contribution in [3.8, 4) is 0 Å². The van der Waals surface area contributed by atoms with E-state index in [-0.39, 0.29) is 10.8 Å². The number of ether oxygens (including phenoxy) is 1. The molecular weight excluding hydrogens is 376 g/mol. The molecule has 2 aromatic rings. The molecule has 1 N–H and O–H groups in total. The van der Waals surface area contributed by atoms with Crippen LogP contribution in [0.2, 0.25) is 0 Å². The van der Waals surface area contributed by atoms with Crippen LogP contribution in [0.3, 0.4) is 0 Å². The van der Waals surface area contributed by atoms with Gasteiger partial charge in [0, 0.05) is 32.3 Å². The van der Waals surface area contributed by atoms with Gasteiger partial charge in [-0.05, 0) is 35.7 Å². The maximum Gasteiger partial charge on any atom is 0.251 e. The number of benzene rings is 2. The molecule has 0 aliphatic rings. The molecule has 0 heterocycles. The average Bonchev–Trinajstić information content (AvgIpc) is 2.68. The Labute approximate surface area is 167 Å². The lowest BCUT2D eigenvalue weighted by Crippen LogP contribution is -2.31. The van der Waals surface area contributed by atoms with Crippen LogP contribution in [-0.4, -0.2) is 38.8 Å². The second kappa shape index (κ2) is 9.82. The molecule has 28 heavy (non-hydrogen) atoms. The molecule has 0 radical (unpaired) electrons. The first-order valence-electron chi connectivity index (χ1n) is 9.29. The van der Waals surface area contributed by atoms with Gasteiger partial charge in [-0.3, -0.25) is 4.79 Å². The van der Waals surface area contributed by atoms with E-state index in [9.17, 15) is 13.2 Å². The maximum absolute atomic E-state index is 12.8. The van der Waals surface area contributed by atoms with Gasteiger partial charge >= 0.3 is 0 Å². The van der Waals surface area contributed by atoms with Gasteiger partial charge in [0.2, 0.25) is 10.0 Å². The van der Waals surface area contributed by atoms with E-state index < -0.39 is 10.0 Å². The molecule has 0 saturated carbocycles. The highest BCUT2D eigenvalue weighted by Gasteiger charge is 2.23. The van der Waals surface area contributed by atoms with Crippen molar-refractivity contribution < 1.29 is 17.9 Å². The number of hydrogen-bond acceptors (Lipinski definition) is 4. The Hall–Kier alpha value is -2.22. The zero-order chi connectivity index (χ0) is 20.7. The van der Waals surface area contributed by atoms with Crippen molar-refractivity contribution >= 4 is 15.9 Å². The van der Waals surface area contributed by atoms with Crippen molar-refractivity contribution in [1.29, 1.82) is 0 Å². The zero-order valence-corrected chi connectivity index (χ0v) is 17.7. The van der Waals surface area contributed by atoms with Gasteiger partial charge in [0.05, 0.1) is 11.5 Å². The van der Waals surface area contributed by atoms with Crippen LogP contribution in [-0.2, 0) is 27.9 Å². The minimum absolute atomic E-state index is 0.131. The molecule has 2 aromatic carbocycles. The minimum Gasteiger partial charge on any atom is -0.380 e. The Balaban J connectivity index is 2.25. The van der Waals surface area contributed by atoms with Gasteiger partial charge in [0.1, 0.15) is 0 Å². The number of nitrogens with zero attached hydrogens (tertiary/aromatic N) is 1. The molecule has 0 unspecified atom stereocenters. The molecule has 0 saturated heterocycles. The first-order valence-corrected chi connectivity index (χ1v) is 10.7. The molecule has 0 atom stereocenters. The van der Waals surface area contributed by atoms with Crippen molar-refractivity contribution in [2.75, 3.05) is 20.2 Å². The Kier molecular flexibility index (Phi) is 7.74. The average molecular weight is 405 g/mol. The van der Waals surface area contributed by atoms with E-state index in [4.69, 9.17) is 4.74 Å². The van der Waals surface area contributed by atoms with Crippen molar-refractivity contribution in [1.82, 2.24) is 9.62 Å². The van der Waals surface area contributed by atoms with Gasteiger partial charge in [-0.15, -0.1) is 0 Å². The number of methoxy groups -OCH3 is 1. The number of aryl methyl sites for hydroxylation is 1. The topological polar surface area (TPSA) is 75.7 Å². The Bertz CT molecular complexity index is 922. The standard InChI is InChI=1S/C21H28N2O4S/c1-5-23(6-2)28(25,26)19-12-11-16(3)20(13-19)21(24)22-14-17-9-7-8-10-18(17)15-27-4/h7-13H,5-6,14-15H2,1-4H3,(H,22,24). The summed E-state index contributed by atoms with van der Waals surface area (Å²) in [6.07, 6.45) is 0. The van der Waals surface area contributed by atoms with E-state index in [1.165, 1.54) is 10.4 Å². The SMILES string of the molecule is CCN(CC)S(=O)(=O)c1ccc(C)c(C(=O)NCc2ccccc2COC)c1. The highest BCUT2D eigenvalue weighted by atomic mass is 32.2. The Morgan fingerprint density at radius 2 is 1.71 bits per heavy atom. The zero-order valence-electron chi connectivity index (χ0n) is 16.9. The number of rotatable bonds is 9. The fraction of sp³-hybridized carbons (Fsp3) is 0.381. The number of hydrogen-bond donors (Lipinski definition) is 1. The van der Waals surface area contributed by atoms with Crippen molar-refractivity contribution in [3.63, 3.8) is 0 Å². The molecule has 0 aromatic heterocycles. The molecule has 7 heteroatoms. The van der Waals surface area contributed by atoms with E-state index >= 15 is 0 Å². The smallest absolute Gasteiger partial charge is 0.251 e. The van der Waals surface area contributed by atoms with Gasteiger partial charge < -0.3 is 10.1 Å². The third-order valence-corrected chi connectivity index (χ3v) is 6.70. The Morgan fingerprint density at radius 3 is 2.32 bits per heavy atom. The second-order valence-corrected chi connectivity index (χ2v) is 8.39. The summed E-state index contributed by atoms with van der Waals surface area (Å²) in [5.41, 5.74) is 3.04. The first kappa shape index (κ1) is 22.1. The summed E-state index contributed by atoms with van der Waals surface area (Å²) < 4.78 is 32.1. The quantitative estimate of drug-likeness (QED) is 0.697. The van der Waals surface area contributed by atoms with Crippen LogP contribution in [0.1, 0.15) is 40.9 Å². The third-order valence-electron chi connectivity index (χ3n) is 4.65. The number of carbonyl (C=O) groups excluding carboxylic acids is 1. The van der Waals surface area contributed by atoms with Crippen LogP contribution >= 0.6 is 0 Å². The van der Waals surface area contributed by atoms with Crippen LogP contribution in [0.5, 0.6) is 0 Å². The molecule has 0 spiro atoms. The third kappa shape index (κ3) is 4.98. The van der Waals surface area contributed by atoms with E-state index in [0.29, 0.717) is 31.8 Å². The summed E-state index contributed by atoms with van der Waals surface area (Å²) in [4.78, 5) is 12.9. The van der Waals surface area contributed by atoms with Gasteiger partial charge in [0.15, 0.2) is 0 Å². The maximum atomic E-state index is 12.8. The normalized spacial score (nSPS) is 11.6. The lowest BCUT2D eigenvalue weighted by atomic mass is 10.1. The summed E-state index contributed by atoms with van der Waals surface area (Å²) in [5, 5.41) is 2.89. The van der Waals surface area contributed by atoms with Crippen LogP contribution in [0.4, 0.5) is 0 Å². The molecule has 152 valence electrons. The summed E-state index contributed by atoms with van der Waals surface area (Å²) in [7, 11) is -1.99. The van der Waals surface area contributed by atoms with Crippen molar-refractivity contribution in [3.05, 3.63) is 64.7 Å². The van der Waals surface area contributed by atoms with Gasteiger partial charge in [0.25, 0.3) is 5.91 Å².